The van der Waals surface area contributed by atoms with E-state index in [1.54, 1.807) is 31.3 Å². The molecule has 0 saturated carbocycles. The fourth-order valence-electron chi connectivity index (χ4n) is 5.18. The number of ether oxygens (including phenoxy) is 3. The number of nitrogens with zero attached hydrogens (tertiary/aromatic N) is 2. The molecule has 39 heavy (non-hydrogen) atoms. The van der Waals surface area contributed by atoms with E-state index in [1.807, 2.05) is 84.9 Å². The first-order valence-corrected chi connectivity index (χ1v) is 12.9. The Bertz CT molecular complexity index is 1480. The second kappa shape index (κ2) is 11.3. The lowest BCUT2D eigenvalue weighted by Gasteiger charge is -2.44. The van der Waals surface area contributed by atoms with Gasteiger partial charge in [0.25, 0.3) is 5.91 Å². The number of methoxy groups -OCH3 is 2. The Labute approximate surface area is 229 Å². The number of benzene rings is 4. The highest BCUT2D eigenvalue weighted by molar-refractivity contribution is 5.95. The van der Waals surface area contributed by atoms with Crippen molar-refractivity contribution in [2.45, 2.75) is 25.0 Å². The molecule has 1 amide bonds. The van der Waals surface area contributed by atoms with Crippen molar-refractivity contribution in [3.63, 3.8) is 0 Å². The van der Waals surface area contributed by atoms with E-state index in [2.05, 4.69) is 6.07 Å². The summed E-state index contributed by atoms with van der Waals surface area (Å²) in [4.78, 5) is 15.5. The molecule has 4 aromatic carbocycles. The Morgan fingerprint density at radius 2 is 1.51 bits per heavy atom. The topological polar surface area (TPSA) is 71.8 Å². The van der Waals surface area contributed by atoms with Crippen molar-refractivity contribution in [3.8, 4) is 23.3 Å². The highest BCUT2D eigenvalue weighted by Crippen LogP contribution is 2.43. The lowest BCUT2D eigenvalue weighted by atomic mass is 9.76. The standard InChI is InChI=1S/C33H30N2O4/c1-37-30-19-27-17-18-35(32(36)26-11-7-4-8-12-26)33(23-34,29(27)20-31(30)38-2)21-24-13-15-28(16-14-24)39-22-25-9-5-3-6-10-25/h3-16,19-20H,17-18,21-22H2,1-2H3/t33-/m1/s1. The third-order valence-corrected chi connectivity index (χ3v) is 7.20. The van der Waals surface area contributed by atoms with Crippen molar-refractivity contribution in [2.75, 3.05) is 20.8 Å². The Kier molecular flexibility index (Phi) is 7.51. The quantitative estimate of drug-likeness (QED) is 0.289. The van der Waals surface area contributed by atoms with E-state index in [0.29, 0.717) is 43.1 Å². The highest BCUT2D eigenvalue weighted by atomic mass is 16.5. The smallest absolute Gasteiger partial charge is 0.255 e. The van der Waals surface area contributed by atoms with E-state index in [0.717, 1.165) is 28.0 Å². The van der Waals surface area contributed by atoms with Gasteiger partial charge in [-0.25, -0.2) is 0 Å². The predicted molar refractivity (Wildman–Crippen MR) is 149 cm³/mol. The van der Waals surface area contributed by atoms with Gasteiger partial charge in [0.2, 0.25) is 0 Å². The van der Waals surface area contributed by atoms with Gasteiger partial charge < -0.3 is 19.1 Å². The van der Waals surface area contributed by atoms with Crippen LogP contribution in [0.15, 0.2) is 97.1 Å². The number of carbonyl (C=O) groups excluding carboxylic acids is 1. The summed E-state index contributed by atoms with van der Waals surface area (Å²) in [6.45, 7) is 0.874. The summed E-state index contributed by atoms with van der Waals surface area (Å²) in [6, 6.07) is 33.1. The molecule has 0 unspecified atom stereocenters. The molecule has 0 saturated heterocycles. The minimum absolute atomic E-state index is 0.180. The Morgan fingerprint density at radius 3 is 2.15 bits per heavy atom. The van der Waals surface area contributed by atoms with Crippen LogP contribution in [0.4, 0.5) is 0 Å². The zero-order valence-electron chi connectivity index (χ0n) is 22.1. The summed E-state index contributed by atoms with van der Waals surface area (Å²) >= 11 is 0. The largest absolute Gasteiger partial charge is 0.493 e. The predicted octanol–water partition coefficient (Wildman–Crippen LogP) is 5.94. The van der Waals surface area contributed by atoms with Crippen LogP contribution in [0, 0.1) is 11.3 Å². The van der Waals surface area contributed by atoms with E-state index in [4.69, 9.17) is 14.2 Å². The average molecular weight is 519 g/mol. The number of rotatable bonds is 8. The molecule has 0 aliphatic carbocycles. The fourth-order valence-corrected chi connectivity index (χ4v) is 5.18. The maximum Gasteiger partial charge on any atom is 0.255 e. The maximum absolute atomic E-state index is 13.8. The van der Waals surface area contributed by atoms with Crippen molar-refractivity contribution in [2.24, 2.45) is 0 Å². The molecule has 1 atom stereocenters. The molecule has 1 aliphatic heterocycles. The SMILES string of the molecule is COc1cc2c(cc1OC)[C@](C#N)(Cc1ccc(OCc3ccccc3)cc1)N(C(=O)c1ccccc1)CC2. The summed E-state index contributed by atoms with van der Waals surface area (Å²) in [5.41, 5.74) is 3.02. The van der Waals surface area contributed by atoms with Crippen LogP contribution in [0.3, 0.4) is 0 Å². The minimum atomic E-state index is -1.24. The van der Waals surface area contributed by atoms with E-state index in [-0.39, 0.29) is 5.91 Å². The third kappa shape index (κ3) is 5.17. The third-order valence-electron chi connectivity index (χ3n) is 7.20. The number of amides is 1. The van der Waals surface area contributed by atoms with Crippen LogP contribution in [0.2, 0.25) is 0 Å². The first-order valence-electron chi connectivity index (χ1n) is 12.9. The molecule has 4 aromatic rings. The van der Waals surface area contributed by atoms with Crippen LogP contribution in [-0.2, 0) is 25.0 Å². The van der Waals surface area contributed by atoms with Gasteiger partial charge in [-0.2, -0.15) is 5.26 Å². The summed E-state index contributed by atoms with van der Waals surface area (Å²) in [7, 11) is 3.17. The van der Waals surface area contributed by atoms with Gasteiger partial charge in [-0.3, -0.25) is 4.79 Å². The normalized spacial score (nSPS) is 16.1. The maximum atomic E-state index is 13.8. The van der Waals surface area contributed by atoms with Gasteiger partial charge >= 0.3 is 0 Å². The minimum Gasteiger partial charge on any atom is -0.493 e. The first-order chi connectivity index (χ1) is 19.1. The van der Waals surface area contributed by atoms with Gasteiger partial charge in [0.1, 0.15) is 12.4 Å². The zero-order chi connectivity index (χ0) is 27.2. The van der Waals surface area contributed by atoms with E-state index >= 15 is 0 Å². The molecule has 0 N–H and O–H groups in total. The van der Waals surface area contributed by atoms with Crippen LogP contribution in [0.5, 0.6) is 17.2 Å². The average Bonchev–Trinajstić information content (AvgIpc) is 3.00. The van der Waals surface area contributed by atoms with E-state index in [9.17, 15) is 10.1 Å². The highest BCUT2D eigenvalue weighted by Gasteiger charge is 2.46. The fraction of sp³-hybridized carbons (Fsp3) is 0.212. The first kappa shape index (κ1) is 25.9. The van der Waals surface area contributed by atoms with Gasteiger partial charge in [0.05, 0.1) is 20.3 Å². The molecule has 5 rings (SSSR count). The second-order valence-corrected chi connectivity index (χ2v) is 9.50. The molecule has 6 nitrogen and oxygen atoms in total. The number of hydrogen-bond acceptors (Lipinski definition) is 5. The van der Waals surface area contributed by atoms with Crippen molar-refractivity contribution in [1.82, 2.24) is 4.90 Å². The van der Waals surface area contributed by atoms with Crippen LogP contribution < -0.4 is 14.2 Å². The van der Waals surface area contributed by atoms with Crippen molar-refractivity contribution in [3.05, 3.63) is 125 Å². The summed E-state index contributed by atoms with van der Waals surface area (Å²) in [5.74, 6) is 1.68. The van der Waals surface area contributed by atoms with Gasteiger partial charge in [0.15, 0.2) is 17.0 Å². The second-order valence-electron chi connectivity index (χ2n) is 9.50. The lowest BCUT2D eigenvalue weighted by molar-refractivity contribution is 0.0550. The number of hydrogen-bond donors (Lipinski definition) is 0. The van der Waals surface area contributed by atoms with Crippen LogP contribution in [-0.4, -0.2) is 31.6 Å². The van der Waals surface area contributed by atoms with Gasteiger partial charge in [-0.05, 0) is 65.1 Å². The molecule has 0 radical (unpaired) electrons. The summed E-state index contributed by atoms with van der Waals surface area (Å²) in [5, 5.41) is 10.8. The van der Waals surface area contributed by atoms with E-state index < -0.39 is 5.54 Å². The van der Waals surface area contributed by atoms with Crippen molar-refractivity contribution < 1.29 is 19.0 Å². The van der Waals surface area contributed by atoms with Crippen LogP contribution in [0.1, 0.15) is 32.6 Å². The Hall–Kier alpha value is -4.76. The molecule has 0 fully saturated rings. The van der Waals surface area contributed by atoms with Crippen LogP contribution in [0.25, 0.3) is 0 Å². The molecule has 0 aromatic heterocycles. The molecule has 1 heterocycles. The van der Waals surface area contributed by atoms with Gasteiger partial charge in [-0.15, -0.1) is 0 Å². The van der Waals surface area contributed by atoms with E-state index in [1.165, 1.54) is 0 Å². The summed E-state index contributed by atoms with van der Waals surface area (Å²) in [6.07, 6.45) is 0.910. The molecular weight excluding hydrogens is 488 g/mol. The Morgan fingerprint density at radius 1 is 0.872 bits per heavy atom. The van der Waals surface area contributed by atoms with Gasteiger partial charge in [-0.1, -0.05) is 60.7 Å². The summed E-state index contributed by atoms with van der Waals surface area (Å²) < 4.78 is 17.1. The lowest BCUT2D eigenvalue weighted by Crippen LogP contribution is -2.54. The van der Waals surface area contributed by atoms with Crippen molar-refractivity contribution in [1.29, 1.82) is 5.26 Å². The Balaban J connectivity index is 1.51. The number of nitriles is 1. The number of carbonyl (C=O) groups is 1. The molecule has 0 bridgehead atoms. The molecule has 6 heteroatoms. The molecular formula is C33H30N2O4. The molecule has 1 aliphatic rings. The van der Waals surface area contributed by atoms with Crippen LogP contribution >= 0.6 is 0 Å². The zero-order valence-corrected chi connectivity index (χ0v) is 22.1. The molecule has 0 spiro atoms. The monoisotopic (exact) mass is 518 g/mol. The van der Waals surface area contributed by atoms with Crippen molar-refractivity contribution >= 4 is 5.91 Å². The van der Waals surface area contributed by atoms with Gasteiger partial charge in [0, 0.05) is 18.5 Å². The number of fused-ring (bicyclic) bond motifs is 1. The molecule has 196 valence electrons.